The van der Waals surface area contributed by atoms with Gasteiger partial charge in [-0.15, -0.1) is 0 Å². The van der Waals surface area contributed by atoms with Gasteiger partial charge in [0, 0.05) is 11.3 Å². The third-order valence-electron chi connectivity index (χ3n) is 4.10. The number of amides is 1. The van der Waals surface area contributed by atoms with E-state index in [4.69, 9.17) is 20.7 Å². The molecule has 0 saturated carbocycles. The minimum absolute atomic E-state index is 0.407. The molecule has 3 atom stereocenters. The van der Waals surface area contributed by atoms with Crippen molar-refractivity contribution in [2.75, 3.05) is 12.4 Å². The lowest BCUT2D eigenvalue weighted by molar-refractivity contribution is -0.156. The third kappa shape index (κ3) is 7.45. The van der Waals surface area contributed by atoms with Crippen LogP contribution in [0.25, 0.3) is 0 Å². The molecule has 1 amide bonds. The van der Waals surface area contributed by atoms with Crippen molar-refractivity contribution < 1.29 is 34.8 Å². The van der Waals surface area contributed by atoms with Crippen LogP contribution in [0.2, 0.25) is 0 Å². The van der Waals surface area contributed by atoms with E-state index in [1.165, 1.54) is 0 Å². The van der Waals surface area contributed by atoms with Crippen LogP contribution >= 0.6 is 0 Å². The van der Waals surface area contributed by atoms with Crippen molar-refractivity contribution in [1.29, 1.82) is 0 Å². The van der Waals surface area contributed by atoms with Crippen molar-refractivity contribution in [3.63, 3.8) is 0 Å². The predicted octanol–water partition coefficient (Wildman–Crippen LogP) is 0.897. The molecule has 2 rings (SSSR count). The molecule has 9 nitrogen and oxygen atoms in total. The molecule has 0 unspecified atom stereocenters. The van der Waals surface area contributed by atoms with Crippen molar-refractivity contribution in [2.24, 2.45) is 5.73 Å². The molecule has 164 valence electrons. The second kappa shape index (κ2) is 11.3. The molecule has 0 aliphatic rings. The summed E-state index contributed by atoms with van der Waals surface area (Å²) in [6.07, 6.45) is -4.14. The van der Waals surface area contributed by atoms with Gasteiger partial charge in [-0.1, -0.05) is 36.4 Å². The smallest absolute Gasteiger partial charge is 0.335 e. The quantitative estimate of drug-likeness (QED) is 0.385. The summed E-state index contributed by atoms with van der Waals surface area (Å²) in [6, 6.07) is 15.2. The van der Waals surface area contributed by atoms with E-state index >= 15 is 0 Å². The van der Waals surface area contributed by atoms with E-state index < -0.39 is 35.7 Å². The van der Waals surface area contributed by atoms with E-state index in [2.05, 4.69) is 5.32 Å². The molecule has 0 fully saturated rings. The zero-order chi connectivity index (χ0) is 22.9. The number of nitrogens with one attached hydrogen (secondary N) is 1. The Morgan fingerprint density at radius 1 is 1.00 bits per heavy atom. The number of carbonyl (C=O) groups is 2. The summed E-state index contributed by atoms with van der Waals surface area (Å²) >= 11 is 0. The van der Waals surface area contributed by atoms with Crippen molar-refractivity contribution in [3.05, 3.63) is 60.2 Å². The van der Waals surface area contributed by atoms with E-state index in [0.717, 1.165) is 5.56 Å². The van der Waals surface area contributed by atoms with Gasteiger partial charge in [0.1, 0.15) is 5.75 Å². The maximum absolute atomic E-state index is 11.3. The molecule has 0 radical (unpaired) electrons. The van der Waals surface area contributed by atoms with E-state index in [1.807, 2.05) is 24.3 Å². The van der Waals surface area contributed by atoms with Crippen LogP contribution in [0.3, 0.4) is 0 Å². The fraction of sp³-hybridized carbons (Fsp3) is 0.333. The monoisotopic (exact) mass is 420 g/mol. The second-order valence-electron chi connectivity index (χ2n) is 6.96. The molecule has 30 heavy (non-hydrogen) atoms. The maximum atomic E-state index is 11.3. The average molecular weight is 420 g/mol. The Hall–Kier alpha value is -2.98. The molecule has 0 aliphatic heterocycles. The minimum atomic E-state index is -2.14. The maximum Gasteiger partial charge on any atom is 0.335 e. The van der Waals surface area contributed by atoms with Crippen molar-refractivity contribution in [2.45, 2.75) is 37.7 Å². The number of benzene rings is 2. The Labute approximate surface area is 174 Å². The number of carboxylic acids is 1. The molecule has 0 heterocycles. The van der Waals surface area contributed by atoms with E-state index in [1.54, 1.807) is 51.3 Å². The Bertz CT molecular complexity index is 822. The molecule has 7 N–H and O–H groups in total. The molecule has 0 spiro atoms. The zero-order valence-electron chi connectivity index (χ0n) is 17.0. The van der Waals surface area contributed by atoms with Crippen LogP contribution in [0.4, 0.5) is 5.69 Å². The molecule has 0 saturated heterocycles. The third-order valence-corrected chi connectivity index (χ3v) is 4.10. The summed E-state index contributed by atoms with van der Waals surface area (Å²) in [5.41, 5.74) is 6.20. The highest BCUT2D eigenvalue weighted by atomic mass is 16.5. The van der Waals surface area contributed by atoms with Gasteiger partial charge in [-0.05, 0) is 32.0 Å². The molecule has 0 aliphatic carbocycles. The first-order chi connectivity index (χ1) is 14.0. The number of carbonyl (C=O) groups excluding carboxylic acids is 1. The van der Waals surface area contributed by atoms with Crippen molar-refractivity contribution in [1.82, 2.24) is 0 Å². The van der Waals surface area contributed by atoms with Crippen LogP contribution in [0.15, 0.2) is 54.6 Å². The summed E-state index contributed by atoms with van der Waals surface area (Å²) < 4.78 is 5.17. The predicted molar refractivity (Wildman–Crippen MR) is 111 cm³/mol. The number of aliphatic carboxylic acids is 1. The SMILES string of the molecule is COc1ccccc1[C@@H](N)C(C)(C)O.O=C(O)[C@H](O)[C@@H](O)C(=O)Nc1ccccc1. The molecule has 0 bridgehead atoms. The minimum Gasteiger partial charge on any atom is -0.496 e. The van der Waals surface area contributed by atoms with E-state index in [-0.39, 0.29) is 0 Å². The van der Waals surface area contributed by atoms with Gasteiger partial charge in [0.2, 0.25) is 0 Å². The summed E-state index contributed by atoms with van der Waals surface area (Å²) in [5.74, 6) is -1.92. The summed E-state index contributed by atoms with van der Waals surface area (Å²) in [6.45, 7) is 3.37. The number of nitrogens with two attached hydrogens (primary N) is 1. The molecule has 9 heteroatoms. The molecule has 2 aromatic rings. The number of para-hydroxylation sites is 2. The van der Waals surface area contributed by atoms with E-state index in [0.29, 0.717) is 11.4 Å². The largest absolute Gasteiger partial charge is 0.496 e. The molecular weight excluding hydrogens is 392 g/mol. The lowest BCUT2D eigenvalue weighted by Crippen LogP contribution is -2.42. The standard InChI is InChI=1S/C11H17NO2.C10H11NO5/c1-11(2,13)10(12)8-6-4-5-7-9(8)14-3;12-7(8(13)10(15)16)9(14)11-6-4-2-1-3-5-6/h4-7,10,13H,12H2,1-3H3;1-5,7-8,12-13H,(H,11,14)(H,15,16)/t10-;7-,8-/m11/s1. The van der Waals surface area contributed by atoms with Gasteiger partial charge in [0.05, 0.1) is 18.8 Å². The molecular formula is C21H28N2O7. The van der Waals surface area contributed by atoms with Crippen LogP contribution in [0, 0.1) is 0 Å². The topological polar surface area (TPSA) is 162 Å². The Kier molecular flexibility index (Phi) is 9.41. The van der Waals surface area contributed by atoms with Crippen LogP contribution in [-0.4, -0.2) is 57.2 Å². The number of hydrogen-bond acceptors (Lipinski definition) is 7. The van der Waals surface area contributed by atoms with Crippen LogP contribution in [-0.2, 0) is 9.59 Å². The van der Waals surface area contributed by atoms with Gasteiger partial charge in [-0.25, -0.2) is 4.79 Å². The average Bonchev–Trinajstić information content (AvgIpc) is 2.72. The first-order valence-electron chi connectivity index (χ1n) is 9.04. The number of carboxylic acid groups (broad SMARTS) is 1. The Morgan fingerprint density at radius 2 is 1.53 bits per heavy atom. The molecule has 2 aromatic carbocycles. The number of aliphatic hydroxyl groups is 3. The Morgan fingerprint density at radius 3 is 2.03 bits per heavy atom. The first-order valence-corrected chi connectivity index (χ1v) is 9.04. The highest BCUT2D eigenvalue weighted by molar-refractivity contribution is 5.97. The number of methoxy groups -OCH3 is 1. The van der Waals surface area contributed by atoms with Crippen LogP contribution in [0.1, 0.15) is 25.5 Å². The van der Waals surface area contributed by atoms with Gasteiger partial charge < -0.3 is 36.2 Å². The fourth-order valence-corrected chi connectivity index (χ4v) is 2.32. The lowest BCUT2D eigenvalue weighted by atomic mass is 9.92. The van der Waals surface area contributed by atoms with Gasteiger partial charge in [0.15, 0.2) is 12.2 Å². The number of aliphatic hydroxyl groups excluding tert-OH is 2. The highest BCUT2D eigenvalue weighted by Gasteiger charge is 2.30. The summed E-state index contributed by atoms with van der Waals surface area (Å²) in [7, 11) is 1.59. The zero-order valence-corrected chi connectivity index (χ0v) is 17.0. The number of hydrogen-bond donors (Lipinski definition) is 6. The van der Waals surface area contributed by atoms with Gasteiger partial charge >= 0.3 is 5.97 Å². The van der Waals surface area contributed by atoms with Crippen molar-refractivity contribution >= 4 is 17.6 Å². The lowest BCUT2D eigenvalue weighted by Gasteiger charge is -2.27. The number of rotatable bonds is 7. The fourth-order valence-electron chi connectivity index (χ4n) is 2.32. The van der Waals surface area contributed by atoms with Crippen LogP contribution in [0.5, 0.6) is 5.75 Å². The number of anilines is 1. The van der Waals surface area contributed by atoms with Crippen molar-refractivity contribution in [3.8, 4) is 5.75 Å². The first kappa shape index (κ1) is 25.1. The van der Waals surface area contributed by atoms with Gasteiger partial charge in [-0.3, -0.25) is 4.79 Å². The highest BCUT2D eigenvalue weighted by Crippen LogP contribution is 2.29. The summed E-state index contributed by atoms with van der Waals surface area (Å²) in [4.78, 5) is 21.6. The summed E-state index contributed by atoms with van der Waals surface area (Å²) in [5, 5.41) is 38.5. The van der Waals surface area contributed by atoms with Gasteiger partial charge in [-0.2, -0.15) is 0 Å². The van der Waals surface area contributed by atoms with E-state index in [9.17, 15) is 19.8 Å². The normalized spacial score (nSPS) is 13.8. The Balaban J connectivity index is 0.000000303. The van der Waals surface area contributed by atoms with Crippen LogP contribution < -0.4 is 15.8 Å². The second-order valence-corrected chi connectivity index (χ2v) is 6.96. The molecule has 0 aromatic heterocycles. The van der Waals surface area contributed by atoms with Gasteiger partial charge in [0.25, 0.3) is 5.91 Å². The number of ether oxygens (including phenoxy) is 1.